The molecule has 27 heavy (non-hydrogen) atoms. The fraction of sp³-hybridized carbons (Fsp3) is 0.238. The van der Waals surface area contributed by atoms with Crippen LogP contribution in [0, 0.1) is 0 Å². The van der Waals surface area contributed by atoms with Gasteiger partial charge in [-0.3, -0.25) is 4.79 Å². The molecule has 0 aromatic heterocycles. The summed E-state index contributed by atoms with van der Waals surface area (Å²) in [5, 5.41) is 0.811. The number of anilines is 2. The molecule has 4 rings (SSSR count). The van der Waals surface area contributed by atoms with Crippen molar-refractivity contribution in [2.24, 2.45) is 4.99 Å². The van der Waals surface area contributed by atoms with Crippen LogP contribution < -0.4 is 10.6 Å². The zero-order valence-electron chi connectivity index (χ0n) is 15.3. The van der Waals surface area contributed by atoms with Gasteiger partial charge in [0.1, 0.15) is 0 Å². The number of piperazine rings is 1. The average Bonchev–Trinajstić information content (AvgIpc) is 3.10. The first-order valence-corrected chi connectivity index (χ1v) is 9.86. The van der Waals surface area contributed by atoms with Gasteiger partial charge >= 0.3 is 0 Å². The number of rotatable bonds is 2. The van der Waals surface area contributed by atoms with E-state index in [0.29, 0.717) is 10.6 Å². The summed E-state index contributed by atoms with van der Waals surface area (Å²) in [6.07, 6.45) is 0. The Morgan fingerprint density at radius 1 is 1.00 bits per heavy atom. The van der Waals surface area contributed by atoms with E-state index in [-0.39, 0.29) is 5.91 Å². The van der Waals surface area contributed by atoms with Gasteiger partial charge in [0.15, 0.2) is 5.17 Å². The zero-order valence-corrected chi connectivity index (χ0v) is 16.1. The van der Waals surface area contributed by atoms with E-state index in [1.54, 1.807) is 0 Å². The van der Waals surface area contributed by atoms with Gasteiger partial charge in [0.05, 0.1) is 4.91 Å². The predicted molar refractivity (Wildman–Crippen MR) is 114 cm³/mol. The van der Waals surface area contributed by atoms with Crippen LogP contribution >= 0.6 is 11.8 Å². The summed E-state index contributed by atoms with van der Waals surface area (Å²) in [6, 6.07) is 18.1. The molecule has 2 N–H and O–H groups in total. The Kier molecular flexibility index (Phi) is 4.90. The third-order valence-corrected chi connectivity index (χ3v) is 6.13. The van der Waals surface area contributed by atoms with Crippen LogP contribution in [0.2, 0.25) is 0 Å². The summed E-state index contributed by atoms with van der Waals surface area (Å²) in [5.74, 6) is -0.152. The quantitative estimate of drug-likeness (QED) is 0.641. The normalized spacial score (nSPS) is 19.3. The summed E-state index contributed by atoms with van der Waals surface area (Å²) in [5.41, 5.74) is 9.72. The number of aliphatic imine (C=N–C) groups is 1. The second kappa shape index (κ2) is 7.48. The highest BCUT2D eigenvalue weighted by atomic mass is 32.2. The topological polar surface area (TPSA) is 61.9 Å². The van der Waals surface area contributed by atoms with Gasteiger partial charge in [-0.15, -0.1) is 0 Å². The molecule has 0 atom stereocenters. The Hall–Kier alpha value is -2.73. The van der Waals surface area contributed by atoms with E-state index >= 15 is 0 Å². The van der Waals surface area contributed by atoms with Gasteiger partial charge in [-0.1, -0.05) is 30.3 Å². The van der Waals surface area contributed by atoms with Crippen molar-refractivity contribution < 1.29 is 4.79 Å². The van der Waals surface area contributed by atoms with E-state index in [9.17, 15) is 4.79 Å². The first-order chi connectivity index (χ1) is 13.1. The number of nitrogens with two attached hydrogens (primary N) is 1. The molecule has 0 unspecified atom stereocenters. The number of hydrogen-bond acceptors (Lipinski definition) is 5. The summed E-state index contributed by atoms with van der Waals surface area (Å²) in [7, 11) is 0. The number of carbonyl (C=O) groups is 1. The molecule has 0 spiro atoms. The maximum atomic E-state index is 12.5. The monoisotopic (exact) mass is 378 g/mol. The molecule has 0 saturated carbocycles. The van der Waals surface area contributed by atoms with Crippen LogP contribution in [0.15, 0.2) is 64.5 Å². The van der Waals surface area contributed by atoms with Crippen LogP contribution in [0.3, 0.4) is 0 Å². The molecule has 2 aromatic rings. The van der Waals surface area contributed by atoms with Crippen LogP contribution in [0.5, 0.6) is 0 Å². The summed E-state index contributed by atoms with van der Waals surface area (Å²) in [6.45, 7) is 5.52. The van der Waals surface area contributed by atoms with Crippen molar-refractivity contribution in [3.8, 4) is 0 Å². The third kappa shape index (κ3) is 3.71. The van der Waals surface area contributed by atoms with Crippen molar-refractivity contribution >= 4 is 39.8 Å². The van der Waals surface area contributed by atoms with E-state index < -0.39 is 0 Å². The van der Waals surface area contributed by atoms with Crippen molar-refractivity contribution in [2.75, 3.05) is 36.8 Å². The second-order valence-corrected chi connectivity index (χ2v) is 7.67. The molecule has 0 aliphatic carbocycles. The standard InChI is InChI=1S/C21H22N4OS/c1-15(16-6-5-7-17(22)14-16)19-20(26)23-21(27-19)25-12-10-24(11-13-25)18-8-3-2-4-9-18/h2-9,14H,10-13,22H2,1H3/b19-15-. The van der Waals surface area contributed by atoms with E-state index in [4.69, 9.17) is 5.73 Å². The molecular formula is C21H22N4OS. The molecule has 1 fully saturated rings. The third-order valence-electron chi connectivity index (χ3n) is 4.92. The SMILES string of the molecule is C/C(=C1/SC(N2CCN(c3ccccc3)CC2)=NC1=O)c1cccc(N)c1. The number of nitrogens with zero attached hydrogens (tertiary/aromatic N) is 3. The highest BCUT2D eigenvalue weighted by molar-refractivity contribution is 8.18. The number of hydrogen-bond donors (Lipinski definition) is 1. The summed E-state index contributed by atoms with van der Waals surface area (Å²) in [4.78, 5) is 22.1. The number of carbonyl (C=O) groups excluding carboxylic acids is 1. The van der Waals surface area contributed by atoms with Gasteiger partial charge in [0, 0.05) is 37.6 Å². The molecule has 0 radical (unpaired) electrons. The van der Waals surface area contributed by atoms with Crippen molar-refractivity contribution in [3.05, 3.63) is 65.1 Å². The predicted octanol–water partition coefficient (Wildman–Crippen LogP) is 3.45. The lowest BCUT2D eigenvalue weighted by atomic mass is 10.1. The minimum atomic E-state index is -0.152. The molecule has 2 heterocycles. The molecule has 138 valence electrons. The first-order valence-electron chi connectivity index (χ1n) is 9.04. The minimum Gasteiger partial charge on any atom is -0.399 e. The Balaban J connectivity index is 1.45. The lowest BCUT2D eigenvalue weighted by molar-refractivity contribution is -0.113. The Morgan fingerprint density at radius 2 is 1.70 bits per heavy atom. The van der Waals surface area contributed by atoms with Crippen molar-refractivity contribution in [3.63, 3.8) is 0 Å². The van der Waals surface area contributed by atoms with Gasteiger partial charge in [-0.2, -0.15) is 4.99 Å². The van der Waals surface area contributed by atoms with Crippen molar-refractivity contribution in [1.82, 2.24) is 4.90 Å². The number of benzene rings is 2. The molecule has 0 bridgehead atoms. The highest BCUT2D eigenvalue weighted by Crippen LogP contribution is 2.35. The number of para-hydroxylation sites is 1. The van der Waals surface area contributed by atoms with Crippen LogP contribution in [-0.4, -0.2) is 42.2 Å². The molecule has 2 aromatic carbocycles. The van der Waals surface area contributed by atoms with Crippen LogP contribution in [0.25, 0.3) is 5.57 Å². The molecule has 1 saturated heterocycles. The Morgan fingerprint density at radius 3 is 2.41 bits per heavy atom. The number of amidine groups is 1. The van der Waals surface area contributed by atoms with Crippen LogP contribution in [0.1, 0.15) is 12.5 Å². The van der Waals surface area contributed by atoms with Gasteiger partial charge in [0.2, 0.25) is 0 Å². The fourth-order valence-corrected chi connectivity index (χ4v) is 4.39. The van der Waals surface area contributed by atoms with E-state index in [2.05, 4.69) is 39.1 Å². The molecule has 1 amide bonds. The average molecular weight is 379 g/mol. The number of thioether (sulfide) groups is 1. The Bertz CT molecular complexity index is 915. The van der Waals surface area contributed by atoms with Gasteiger partial charge < -0.3 is 15.5 Å². The largest absolute Gasteiger partial charge is 0.399 e. The van der Waals surface area contributed by atoms with E-state index in [0.717, 1.165) is 42.5 Å². The first kappa shape index (κ1) is 17.7. The van der Waals surface area contributed by atoms with Gasteiger partial charge in [-0.25, -0.2) is 0 Å². The molecule has 2 aliphatic heterocycles. The number of allylic oxidation sites excluding steroid dienone is 1. The van der Waals surface area contributed by atoms with Gasteiger partial charge in [0.25, 0.3) is 5.91 Å². The van der Waals surface area contributed by atoms with E-state index in [1.165, 1.54) is 17.4 Å². The van der Waals surface area contributed by atoms with Crippen LogP contribution in [-0.2, 0) is 4.79 Å². The van der Waals surface area contributed by atoms with Gasteiger partial charge in [-0.05, 0) is 54.1 Å². The molecule has 6 heteroatoms. The molecule has 5 nitrogen and oxygen atoms in total. The maximum absolute atomic E-state index is 12.5. The zero-order chi connectivity index (χ0) is 18.8. The molecule has 2 aliphatic rings. The number of nitrogen functional groups attached to an aromatic ring is 1. The Labute approximate surface area is 163 Å². The highest BCUT2D eigenvalue weighted by Gasteiger charge is 2.30. The number of amides is 1. The van der Waals surface area contributed by atoms with Crippen molar-refractivity contribution in [2.45, 2.75) is 6.92 Å². The fourth-order valence-electron chi connectivity index (χ4n) is 3.37. The van der Waals surface area contributed by atoms with E-state index in [1.807, 2.05) is 37.3 Å². The lowest BCUT2D eigenvalue weighted by Gasteiger charge is -2.36. The summed E-state index contributed by atoms with van der Waals surface area (Å²) >= 11 is 1.48. The van der Waals surface area contributed by atoms with Crippen molar-refractivity contribution in [1.29, 1.82) is 0 Å². The second-order valence-electron chi connectivity index (χ2n) is 6.69. The van der Waals surface area contributed by atoms with Crippen LogP contribution in [0.4, 0.5) is 11.4 Å². The molecular weight excluding hydrogens is 356 g/mol. The summed E-state index contributed by atoms with van der Waals surface area (Å²) < 4.78 is 0. The maximum Gasteiger partial charge on any atom is 0.286 e. The smallest absolute Gasteiger partial charge is 0.286 e. The minimum absolute atomic E-state index is 0.152. The lowest BCUT2D eigenvalue weighted by Crippen LogP contribution is -2.47.